The lowest BCUT2D eigenvalue weighted by molar-refractivity contribution is 0.0694. The minimum atomic E-state index is -0.895. The molecule has 1 aromatic heterocycles. The van der Waals surface area contributed by atoms with Gasteiger partial charge in [-0.05, 0) is 56.5 Å². The van der Waals surface area contributed by atoms with Crippen LogP contribution in [-0.4, -0.2) is 29.9 Å². The summed E-state index contributed by atoms with van der Waals surface area (Å²) in [6.45, 7) is 9.75. The average molecular weight is 437 g/mol. The lowest BCUT2D eigenvalue weighted by atomic mass is 10.1. The van der Waals surface area contributed by atoms with Crippen LogP contribution in [0, 0.1) is 27.7 Å². The number of aromatic carboxylic acids is 1. The molecule has 0 radical (unpaired) electrons. The summed E-state index contributed by atoms with van der Waals surface area (Å²) in [7, 11) is 3.22. The summed E-state index contributed by atoms with van der Waals surface area (Å²) in [4.78, 5) is 12.1. The van der Waals surface area contributed by atoms with Crippen LogP contribution in [0.2, 0.25) is 0 Å². The van der Waals surface area contributed by atoms with E-state index in [-0.39, 0.29) is 0 Å². The lowest BCUT2D eigenvalue weighted by Crippen LogP contribution is -2.15. The van der Waals surface area contributed by atoms with Gasteiger partial charge in [0.15, 0.2) is 11.5 Å². The summed E-state index contributed by atoms with van der Waals surface area (Å²) >= 11 is 0. The van der Waals surface area contributed by atoms with Gasteiger partial charge in [0.2, 0.25) is 0 Å². The third kappa shape index (κ3) is 4.81. The van der Waals surface area contributed by atoms with Crippen molar-refractivity contribution < 1.29 is 19.4 Å². The van der Waals surface area contributed by atoms with Crippen LogP contribution in [0.5, 0.6) is 11.5 Å². The maximum absolute atomic E-state index is 12.1. The Morgan fingerprint density at radius 2 is 1.66 bits per heavy atom. The molecular formula is C26H32N2O4. The van der Waals surface area contributed by atoms with E-state index >= 15 is 0 Å². The molecule has 0 aliphatic carbocycles. The first-order valence-electron chi connectivity index (χ1n) is 10.7. The quantitative estimate of drug-likeness (QED) is 0.505. The van der Waals surface area contributed by atoms with Crippen molar-refractivity contribution in [1.29, 1.82) is 0 Å². The van der Waals surface area contributed by atoms with Crippen molar-refractivity contribution in [2.24, 2.45) is 0 Å². The van der Waals surface area contributed by atoms with Gasteiger partial charge in [0, 0.05) is 36.6 Å². The molecule has 2 aromatic carbocycles. The summed E-state index contributed by atoms with van der Waals surface area (Å²) in [6.07, 6.45) is 0. The molecule has 6 heteroatoms. The van der Waals surface area contributed by atoms with Gasteiger partial charge in [-0.15, -0.1) is 0 Å². The molecule has 0 saturated heterocycles. The number of rotatable bonds is 9. The van der Waals surface area contributed by atoms with Crippen LogP contribution in [-0.2, 0) is 19.6 Å². The molecule has 0 fully saturated rings. The third-order valence-corrected chi connectivity index (χ3v) is 6.04. The monoisotopic (exact) mass is 436 g/mol. The minimum absolute atomic E-state index is 0.382. The maximum atomic E-state index is 12.1. The van der Waals surface area contributed by atoms with E-state index < -0.39 is 5.97 Å². The highest BCUT2D eigenvalue weighted by Crippen LogP contribution is 2.28. The highest BCUT2D eigenvalue weighted by Gasteiger charge is 2.22. The highest BCUT2D eigenvalue weighted by molar-refractivity contribution is 5.91. The number of nitrogens with one attached hydrogen (secondary N) is 1. The summed E-state index contributed by atoms with van der Waals surface area (Å²) in [6, 6.07) is 12.1. The third-order valence-electron chi connectivity index (χ3n) is 6.04. The molecule has 3 rings (SSSR count). The average Bonchev–Trinajstić information content (AvgIpc) is 3.00. The Morgan fingerprint density at radius 1 is 0.938 bits per heavy atom. The number of carboxylic acid groups (broad SMARTS) is 1. The summed E-state index contributed by atoms with van der Waals surface area (Å²) in [5, 5.41) is 13.3. The van der Waals surface area contributed by atoms with Crippen molar-refractivity contribution in [3.8, 4) is 11.5 Å². The number of aromatic nitrogens is 1. The number of hydrogen-bond donors (Lipinski definition) is 2. The van der Waals surface area contributed by atoms with Gasteiger partial charge in [0.1, 0.15) is 0 Å². The Bertz CT molecular complexity index is 1130. The molecule has 170 valence electrons. The number of nitrogens with zero attached hydrogens (tertiary/aromatic N) is 1. The standard InChI is InChI=1S/C26H32N2O4/c1-16-7-8-17(2)21(11-16)15-28-18(3)22(25(19(28)4)26(29)30)14-27-13-20-9-10-23(31-5)24(12-20)32-6/h7-12,27H,13-15H2,1-6H3,(H,29,30). The minimum Gasteiger partial charge on any atom is -0.493 e. The van der Waals surface area contributed by atoms with Crippen LogP contribution in [0.1, 0.15) is 49.6 Å². The van der Waals surface area contributed by atoms with Crippen molar-refractivity contribution in [3.63, 3.8) is 0 Å². The molecule has 0 bridgehead atoms. The van der Waals surface area contributed by atoms with Crippen LogP contribution in [0.4, 0.5) is 0 Å². The molecule has 0 saturated carbocycles. The van der Waals surface area contributed by atoms with Crippen LogP contribution >= 0.6 is 0 Å². The van der Waals surface area contributed by atoms with Crippen molar-refractivity contribution in [1.82, 2.24) is 9.88 Å². The van der Waals surface area contributed by atoms with E-state index in [1.165, 1.54) is 16.7 Å². The smallest absolute Gasteiger partial charge is 0.337 e. The summed E-state index contributed by atoms with van der Waals surface area (Å²) in [5.74, 6) is 0.456. The Hall–Kier alpha value is -3.25. The summed E-state index contributed by atoms with van der Waals surface area (Å²) in [5.41, 5.74) is 7.58. The van der Waals surface area contributed by atoms with Crippen LogP contribution in [0.15, 0.2) is 36.4 Å². The second-order valence-electron chi connectivity index (χ2n) is 8.14. The number of carbonyl (C=O) groups is 1. The Morgan fingerprint density at radius 3 is 2.31 bits per heavy atom. The molecule has 6 nitrogen and oxygen atoms in total. The van der Waals surface area contributed by atoms with Gasteiger partial charge in [-0.1, -0.05) is 29.8 Å². The first kappa shape index (κ1) is 23.4. The molecule has 0 unspecified atom stereocenters. The molecule has 0 atom stereocenters. The predicted octanol–water partition coefficient (Wildman–Crippen LogP) is 4.78. The van der Waals surface area contributed by atoms with E-state index in [1.54, 1.807) is 14.2 Å². The molecule has 0 aliphatic heterocycles. The second kappa shape index (κ2) is 9.92. The van der Waals surface area contributed by atoms with Gasteiger partial charge in [-0.3, -0.25) is 0 Å². The topological polar surface area (TPSA) is 72.7 Å². The van der Waals surface area contributed by atoms with Crippen molar-refractivity contribution >= 4 is 5.97 Å². The van der Waals surface area contributed by atoms with E-state index in [9.17, 15) is 9.90 Å². The molecule has 0 amide bonds. The number of benzene rings is 2. The van der Waals surface area contributed by atoms with E-state index in [0.717, 1.165) is 22.5 Å². The fourth-order valence-electron chi connectivity index (χ4n) is 4.15. The Balaban J connectivity index is 1.84. The normalized spacial score (nSPS) is 10.9. The van der Waals surface area contributed by atoms with Gasteiger partial charge in [0.05, 0.1) is 19.8 Å². The zero-order valence-corrected chi connectivity index (χ0v) is 19.7. The van der Waals surface area contributed by atoms with Crippen LogP contribution in [0.25, 0.3) is 0 Å². The van der Waals surface area contributed by atoms with Gasteiger partial charge in [-0.2, -0.15) is 0 Å². The molecule has 0 spiro atoms. The number of aryl methyl sites for hydroxylation is 2. The first-order valence-corrected chi connectivity index (χ1v) is 10.7. The van der Waals surface area contributed by atoms with Crippen LogP contribution < -0.4 is 14.8 Å². The molecule has 32 heavy (non-hydrogen) atoms. The maximum Gasteiger partial charge on any atom is 0.337 e. The number of ether oxygens (including phenoxy) is 2. The Labute approximate surface area is 189 Å². The SMILES string of the molecule is COc1ccc(CNCc2c(C(=O)O)c(C)n(Cc3cc(C)ccc3C)c2C)cc1OC. The first-order chi connectivity index (χ1) is 15.3. The largest absolute Gasteiger partial charge is 0.493 e. The van der Waals surface area contributed by atoms with E-state index in [4.69, 9.17) is 9.47 Å². The molecule has 0 aliphatic rings. The van der Waals surface area contributed by atoms with Crippen molar-refractivity contribution in [2.45, 2.75) is 47.3 Å². The number of methoxy groups -OCH3 is 2. The highest BCUT2D eigenvalue weighted by atomic mass is 16.5. The van der Waals surface area contributed by atoms with E-state index in [0.29, 0.717) is 36.7 Å². The van der Waals surface area contributed by atoms with Crippen LogP contribution in [0.3, 0.4) is 0 Å². The van der Waals surface area contributed by atoms with Gasteiger partial charge >= 0.3 is 5.97 Å². The van der Waals surface area contributed by atoms with Crippen molar-refractivity contribution in [3.05, 3.63) is 81.2 Å². The molecular weight excluding hydrogens is 404 g/mol. The second-order valence-corrected chi connectivity index (χ2v) is 8.14. The van der Waals surface area contributed by atoms with Gasteiger partial charge < -0.3 is 24.5 Å². The molecule has 3 aromatic rings. The fourth-order valence-corrected chi connectivity index (χ4v) is 4.15. The molecule has 2 N–H and O–H groups in total. The van der Waals surface area contributed by atoms with E-state index in [1.807, 2.05) is 32.0 Å². The van der Waals surface area contributed by atoms with E-state index in [2.05, 4.69) is 41.9 Å². The Kier molecular flexibility index (Phi) is 7.26. The molecule has 1 heterocycles. The zero-order valence-electron chi connectivity index (χ0n) is 19.7. The van der Waals surface area contributed by atoms with Crippen molar-refractivity contribution in [2.75, 3.05) is 14.2 Å². The van der Waals surface area contributed by atoms with Gasteiger partial charge in [0.25, 0.3) is 0 Å². The lowest BCUT2D eigenvalue weighted by Gasteiger charge is -2.13. The predicted molar refractivity (Wildman–Crippen MR) is 126 cm³/mol. The number of hydrogen-bond acceptors (Lipinski definition) is 4. The zero-order chi connectivity index (χ0) is 23.4. The number of carboxylic acids is 1. The summed E-state index contributed by atoms with van der Waals surface area (Å²) < 4.78 is 12.8. The fraction of sp³-hybridized carbons (Fsp3) is 0.346. The van der Waals surface area contributed by atoms with Gasteiger partial charge in [-0.25, -0.2) is 4.79 Å².